The molecule has 0 saturated carbocycles. The predicted molar refractivity (Wildman–Crippen MR) is 76.2 cm³/mol. The SMILES string of the molecule is CCOCc1nc(N)cc(N2CCCC2C(=O)NC)n1. The average Bonchev–Trinajstić information content (AvgIpc) is 2.93. The minimum absolute atomic E-state index is 0.00559. The van der Waals surface area contributed by atoms with Gasteiger partial charge < -0.3 is 20.7 Å². The Hall–Kier alpha value is -1.89. The summed E-state index contributed by atoms with van der Waals surface area (Å²) in [4.78, 5) is 22.5. The lowest BCUT2D eigenvalue weighted by atomic mass is 10.2. The normalized spacial score (nSPS) is 18.3. The molecule has 1 atom stereocenters. The molecule has 2 heterocycles. The van der Waals surface area contributed by atoms with Crippen molar-refractivity contribution in [2.45, 2.75) is 32.4 Å². The van der Waals surface area contributed by atoms with Crippen molar-refractivity contribution in [3.8, 4) is 0 Å². The van der Waals surface area contributed by atoms with Crippen molar-refractivity contribution >= 4 is 17.5 Å². The van der Waals surface area contributed by atoms with Gasteiger partial charge in [-0.25, -0.2) is 9.97 Å². The minimum Gasteiger partial charge on any atom is -0.384 e. The molecule has 2 rings (SSSR count). The number of nitrogens with two attached hydrogens (primary N) is 1. The Labute approximate surface area is 118 Å². The van der Waals surface area contributed by atoms with Crippen molar-refractivity contribution in [3.05, 3.63) is 11.9 Å². The number of nitrogens with zero attached hydrogens (tertiary/aromatic N) is 3. The maximum absolute atomic E-state index is 11.9. The van der Waals surface area contributed by atoms with Gasteiger partial charge in [0.15, 0.2) is 5.82 Å². The van der Waals surface area contributed by atoms with Crippen LogP contribution in [0.5, 0.6) is 0 Å². The number of carbonyl (C=O) groups excluding carboxylic acids is 1. The lowest BCUT2D eigenvalue weighted by Crippen LogP contribution is -2.42. The Morgan fingerprint density at radius 3 is 3.10 bits per heavy atom. The number of nitrogens with one attached hydrogen (secondary N) is 1. The molecule has 1 amide bonds. The molecular weight excluding hydrogens is 258 g/mol. The zero-order valence-electron chi connectivity index (χ0n) is 11.9. The Morgan fingerprint density at radius 1 is 1.60 bits per heavy atom. The van der Waals surface area contributed by atoms with Crippen LogP contribution in [-0.4, -0.2) is 42.1 Å². The summed E-state index contributed by atoms with van der Waals surface area (Å²) in [5.74, 6) is 1.64. The molecule has 7 heteroatoms. The van der Waals surface area contributed by atoms with E-state index < -0.39 is 0 Å². The van der Waals surface area contributed by atoms with Gasteiger partial charge in [-0.15, -0.1) is 0 Å². The molecule has 1 aliphatic rings. The van der Waals surface area contributed by atoms with Gasteiger partial charge >= 0.3 is 0 Å². The van der Waals surface area contributed by atoms with Crippen molar-refractivity contribution < 1.29 is 9.53 Å². The first-order chi connectivity index (χ1) is 9.65. The fourth-order valence-corrected chi connectivity index (χ4v) is 2.39. The van der Waals surface area contributed by atoms with Crippen molar-refractivity contribution in [3.63, 3.8) is 0 Å². The van der Waals surface area contributed by atoms with E-state index in [0.29, 0.717) is 30.7 Å². The number of aromatic nitrogens is 2. The van der Waals surface area contributed by atoms with Crippen LogP contribution in [0.15, 0.2) is 6.07 Å². The van der Waals surface area contributed by atoms with Crippen LogP contribution in [0.1, 0.15) is 25.6 Å². The second-order valence-corrected chi connectivity index (χ2v) is 4.67. The highest BCUT2D eigenvalue weighted by Gasteiger charge is 2.31. The summed E-state index contributed by atoms with van der Waals surface area (Å²) >= 11 is 0. The van der Waals surface area contributed by atoms with Crippen molar-refractivity contribution in [1.29, 1.82) is 0 Å². The second-order valence-electron chi connectivity index (χ2n) is 4.67. The first-order valence-corrected chi connectivity index (χ1v) is 6.85. The quantitative estimate of drug-likeness (QED) is 0.805. The van der Waals surface area contributed by atoms with E-state index in [9.17, 15) is 4.79 Å². The van der Waals surface area contributed by atoms with Gasteiger partial charge in [-0.05, 0) is 19.8 Å². The third-order valence-electron chi connectivity index (χ3n) is 3.31. The third kappa shape index (κ3) is 3.16. The highest BCUT2D eigenvalue weighted by atomic mass is 16.5. The Morgan fingerprint density at radius 2 is 2.40 bits per heavy atom. The number of ether oxygens (including phenoxy) is 1. The molecule has 1 fully saturated rings. The highest BCUT2D eigenvalue weighted by molar-refractivity contribution is 5.85. The monoisotopic (exact) mass is 279 g/mol. The molecule has 1 aliphatic heterocycles. The molecule has 1 aromatic rings. The van der Waals surface area contributed by atoms with E-state index in [1.165, 1.54) is 0 Å². The summed E-state index contributed by atoms with van der Waals surface area (Å²) in [6.45, 7) is 3.63. The number of likely N-dealkylation sites (N-methyl/N-ethyl adjacent to an activating group) is 1. The standard InChI is InChI=1S/C13H21N5O2/c1-3-20-8-11-16-10(14)7-12(17-11)18-6-4-5-9(18)13(19)15-2/h7,9H,3-6,8H2,1-2H3,(H,15,19)(H2,14,16,17). The highest BCUT2D eigenvalue weighted by Crippen LogP contribution is 2.25. The zero-order chi connectivity index (χ0) is 14.5. The van der Waals surface area contributed by atoms with Gasteiger partial charge in [0.2, 0.25) is 5.91 Å². The summed E-state index contributed by atoms with van der Waals surface area (Å²) in [6, 6.07) is 1.52. The second kappa shape index (κ2) is 6.51. The topological polar surface area (TPSA) is 93.4 Å². The van der Waals surface area contributed by atoms with E-state index in [-0.39, 0.29) is 11.9 Å². The van der Waals surface area contributed by atoms with Gasteiger partial charge in [-0.1, -0.05) is 0 Å². The van der Waals surface area contributed by atoms with Gasteiger partial charge in [0, 0.05) is 26.3 Å². The predicted octanol–water partition coefficient (Wildman–Crippen LogP) is 0.310. The molecular formula is C13H21N5O2. The molecule has 110 valence electrons. The molecule has 1 aromatic heterocycles. The number of amides is 1. The van der Waals surface area contributed by atoms with Crippen LogP contribution in [-0.2, 0) is 16.1 Å². The number of carbonyl (C=O) groups is 1. The fraction of sp³-hybridized carbons (Fsp3) is 0.615. The lowest BCUT2D eigenvalue weighted by molar-refractivity contribution is -0.121. The number of hydrogen-bond acceptors (Lipinski definition) is 6. The lowest BCUT2D eigenvalue weighted by Gasteiger charge is -2.24. The summed E-state index contributed by atoms with van der Waals surface area (Å²) < 4.78 is 5.31. The molecule has 1 unspecified atom stereocenters. The van der Waals surface area contributed by atoms with Crippen molar-refractivity contribution in [2.75, 3.05) is 30.8 Å². The maximum Gasteiger partial charge on any atom is 0.242 e. The summed E-state index contributed by atoms with van der Waals surface area (Å²) in [7, 11) is 1.65. The van der Waals surface area contributed by atoms with Gasteiger partial charge in [0.05, 0.1) is 0 Å². The van der Waals surface area contributed by atoms with E-state index in [1.54, 1.807) is 13.1 Å². The van der Waals surface area contributed by atoms with Crippen molar-refractivity contribution in [1.82, 2.24) is 15.3 Å². The molecule has 0 radical (unpaired) electrons. The Kier molecular flexibility index (Phi) is 4.73. The number of hydrogen-bond donors (Lipinski definition) is 2. The molecule has 0 spiro atoms. The van der Waals surface area contributed by atoms with E-state index in [4.69, 9.17) is 10.5 Å². The van der Waals surface area contributed by atoms with Crippen LogP contribution in [0.2, 0.25) is 0 Å². The number of nitrogen functional groups attached to an aromatic ring is 1. The number of rotatable bonds is 5. The molecule has 0 aliphatic carbocycles. The summed E-state index contributed by atoms with van der Waals surface area (Å²) in [6.07, 6.45) is 1.78. The van der Waals surface area contributed by atoms with E-state index >= 15 is 0 Å². The van der Waals surface area contributed by atoms with Gasteiger partial charge in [-0.3, -0.25) is 4.79 Å². The first kappa shape index (κ1) is 14.5. The molecule has 0 aromatic carbocycles. The van der Waals surface area contributed by atoms with Gasteiger partial charge in [0.1, 0.15) is 24.3 Å². The van der Waals surface area contributed by atoms with E-state index in [1.807, 2.05) is 11.8 Å². The first-order valence-electron chi connectivity index (χ1n) is 6.85. The van der Waals surface area contributed by atoms with Crippen LogP contribution in [0, 0.1) is 0 Å². The Bertz CT molecular complexity index is 480. The average molecular weight is 279 g/mol. The van der Waals surface area contributed by atoms with Crippen LogP contribution in [0.25, 0.3) is 0 Å². The molecule has 0 bridgehead atoms. The molecule has 1 saturated heterocycles. The van der Waals surface area contributed by atoms with Gasteiger partial charge in [0.25, 0.3) is 0 Å². The zero-order valence-corrected chi connectivity index (χ0v) is 11.9. The van der Waals surface area contributed by atoms with Crippen LogP contribution < -0.4 is 16.0 Å². The largest absolute Gasteiger partial charge is 0.384 e. The smallest absolute Gasteiger partial charge is 0.242 e. The summed E-state index contributed by atoms with van der Waals surface area (Å²) in [5.41, 5.74) is 5.82. The van der Waals surface area contributed by atoms with E-state index in [0.717, 1.165) is 19.4 Å². The van der Waals surface area contributed by atoms with Crippen LogP contribution in [0.4, 0.5) is 11.6 Å². The van der Waals surface area contributed by atoms with Crippen LogP contribution in [0.3, 0.4) is 0 Å². The maximum atomic E-state index is 11.9. The van der Waals surface area contributed by atoms with Gasteiger partial charge in [-0.2, -0.15) is 0 Å². The Balaban J connectivity index is 2.22. The van der Waals surface area contributed by atoms with Crippen molar-refractivity contribution in [2.24, 2.45) is 0 Å². The summed E-state index contributed by atoms with van der Waals surface area (Å²) in [5, 5.41) is 2.69. The number of anilines is 2. The molecule has 3 N–H and O–H groups in total. The molecule has 20 heavy (non-hydrogen) atoms. The molecule has 7 nitrogen and oxygen atoms in total. The van der Waals surface area contributed by atoms with Crippen LogP contribution >= 0.6 is 0 Å². The van der Waals surface area contributed by atoms with E-state index in [2.05, 4.69) is 15.3 Å². The third-order valence-corrected chi connectivity index (χ3v) is 3.31. The minimum atomic E-state index is -0.186. The fourth-order valence-electron chi connectivity index (χ4n) is 2.39.